The van der Waals surface area contributed by atoms with Crippen molar-refractivity contribution in [3.63, 3.8) is 0 Å². The molecule has 0 aliphatic heterocycles. The van der Waals surface area contributed by atoms with Gasteiger partial charge < -0.3 is 5.73 Å². The molecule has 0 bridgehead atoms. The van der Waals surface area contributed by atoms with E-state index >= 15 is 0 Å². The van der Waals surface area contributed by atoms with Crippen LogP contribution in [0, 0.1) is 5.92 Å². The van der Waals surface area contributed by atoms with Crippen molar-refractivity contribution in [2.45, 2.75) is 63.5 Å². The molecule has 2 aliphatic carbocycles. The molecule has 0 aromatic heterocycles. The average Bonchev–Trinajstić information content (AvgIpc) is 2.86. The number of rotatable bonds is 3. The Morgan fingerprint density at radius 3 is 2.40 bits per heavy atom. The minimum atomic E-state index is 0.342. The van der Waals surface area contributed by atoms with Gasteiger partial charge in [0, 0.05) is 18.1 Å². The molecule has 0 aromatic carbocycles. The van der Waals surface area contributed by atoms with Crippen LogP contribution in [0.1, 0.15) is 51.9 Å². The van der Waals surface area contributed by atoms with Gasteiger partial charge in [0.15, 0.2) is 0 Å². The summed E-state index contributed by atoms with van der Waals surface area (Å²) in [5.41, 5.74) is 6.40. The van der Waals surface area contributed by atoms with Crippen LogP contribution in [0.25, 0.3) is 0 Å². The van der Waals surface area contributed by atoms with Crippen LogP contribution in [0.3, 0.4) is 0 Å². The average molecular weight is 210 g/mol. The van der Waals surface area contributed by atoms with Gasteiger partial charge in [0.2, 0.25) is 0 Å². The lowest BCUT2D eigenvalue weighted by atomic mass is 9.92. The molecule has 2 N–H and O–H groups in total. The van der Waals surface area contributed by atoms with E-state index in [2.05, 4.69) is 18.9 Å². The Hall–Kier alpha value is -0.0800. The fourth-order valence-electron chi connectivity index (χ4n) is 3.70. The fourth-order valence-corrected chi connectivity index (χ4v) is 3.70. The maximum absolute atomic E-state index is 6.06. The van der Waals surface area contributed by atoms with E-state index < -0.39 is 0 Å². The third-order valence-corrected chi connectivity index (χ3v) is 4.83. The summed E-state index contributed by atoms with van der Waals surface area (Å²) < 4.78 is 0. The molecule has 15 heavy (non-hydrogen) atoms. The monoisotopic (exact) mass is 210 g/mol. The predicted molar refractivity (Wildman–Crippen MR) is 64.8 cm³/mol. The highest BCUT2D eigenvalue weighted by molar-refractivity contribution is 4.99. The maximum Gasteiger partial charge on any atom is 0.0334 e. The van der Waals surface area contributed by atoms with Crippen LogP contribution in [0.5, 0.6) is 0 Å². The lowest BCUT2D eigenvalue weighted by Gasteiger charge is -2.42. The van der Waals surface area contributed by atoms with Gasteiger partial charge in [-0.3, -0.25) is 4.90 Å². The summed E-state index contributed by atoms with van der Waals surface area (Å²) in [6, 6.07) is 0.818. The van der Waals surface area contributed by atoms with Gasteiger partial charge in [-0.25, -0.2) is 0 Å². The Kier molecular flexibility index (Phi) is 3.36. The molecule has 0 saturated heterocycles. The number of hydrogen-bond acceptors (Lipinski definition) is 2. The van der Waals surface area contributed by atoms with E-state index in [1.807, 2.05) is 0 Å². The van der Waals surface area contributed by atoms with Gasteiger partial charge in [-0.05, 0) is 45.1 Å². The van der Waals surface area contributed by atoms with E-state index in [1.165, 1.54) is 44.9 Å². The number of likely N-dealkylation sites (N-methyl/N-ethyl adjacent to an activating group) is 1. The van der Waals surface area contributed by atoms with Crippen molar-refractivity contribution >= 4 is 0 Å². The zero-order chi connectivity index (χ0) is 10.9. The van der Waals surface area contributed by atoms with Gasteiger partial charge >= 0.3 is 0 Å². The van der Waals surface area contributed by atoms with Crippen LogP contribution >= 0.6 is 0 Å². The molecule has 2 nitrogen and oxygen atoms in total. The van der Waals surface area contributed by atoms with E-state index in [0.29, 0.717) is 5.54 Å². The van der Waals surface area contributed by atoms with Crippen molar-refractivity contribution in [1.29, 1.82) is 0 Å². The third-order valence-electron chi connectivity index (χ3n) is 4.83. The smallest absolute Gasteiger partial charge is 0.0334 e. The van der Waals surface area contributed by atoms with E-state index in [1.54, 1.807) is 0 Å². The second-order valence-electron chi connectivity index (χ2n) is 5.83. The van der Waals surface area contributed by atoms with Gasteiger partial charge in [-0.15, -0.1) is 0 Å². The molecule has 0 heterocycles. The molecule has 0 spiro atoms. The molecule has 2 saturated carbocycles. The molecule has 2 unspecified atom stereocenters. The lowest BCUT2D eigenvalue weighted by molar-refractivity contribution is 0.0811. The summed E-state index contributed by atoms with van der Waals surface area (Å²) in [7, 11) is 2.32. The number of hydrogen-bond donors (Lipinski definition) is 1. The first-order valence-corrected chi connectivity index (χ1v) is 6.61. The Balaban J connectivity index is 2.04. The second kappa shape index (κ2) is 4.42. The molecule has 2 fully saturated rings. The van der Waals surface area contributed by atoms with Gasteiger partial charge in [0.25, 0.3) is 0 Å². The molecule has 2 aliphatic rings. The Morgan fingerprint density at radius 1 is 1.27 bits per heavy atom. The first-order chi connectivity index (χ1) is 7.18. The minimum absolute atomic E-state index is 0.342. The molecule has 0 aromatic rings. The summed E-state index contributed by atoms with van der Waals surface area (Å²) in [4.78, 5) is 2.64. The Morgan fingerprint density at radius 2 is 1.93 bits per heavy atom. The van der Waals surface area contributed by atoms with Crippen LogP contribution in [0.2, 0.25) is 0 Å². The Bertz CT molecular complexity index is 211. The van der Waals surface area contributed by atoms with E-state index in [9.17, 15) is 0 Å². The van der Waals surface area contributed by atoms with E-state index in [0.717, 1.165) is 18.5 Å². The summed E-state index contributed by atoms with van der Waals surface area (Å²) >= 11 is 0. The fraction of sp³-hybridized carbons (Fsp3) is 1.00. The van der Waals surface area contributed by atoms with Crippen LogP contribution in [-0.2, 0) is 0 Å². The van der Waals surface area contributed by atoms with Crippen molar-refractivity contribution in [3.05, 3.63) is 0 Å². The highest BCUT2D eigenvalue weighted by Crippen LogP contribution is 2.40. The summed E-state index contributed by atoms with van der Waals surface area (Å²) in [6.07, 6.45) is 9.64. The third kappa shape index (κ3) is 2.07. The molecule has 0 amide bonds. The summed E-state index contributed by atoms with van der Waals surface area (Å²) in [6.45, 7) is 3.23. The first-order valence-electron chi connectivity index (χ1n) is 6.61. The van der Waals surface area contributed by atoms with Gasteiger partial charge in [-0.1, -0.05) is 19.8 Å². The van der Waals surface area contributed by atoms with E-state index in [-0.39, 0.29) is 0 Å². The normalized spacial score (nSPS) is 38.0. The molecule has 2 atom stereocenters. The first kappa shape index (κ1) is 11.4. The zero-order valence-electron chi connectivity index (χ0n) is 10.3. The number of nitrogens with zero attached hydrogens (tertiary/aromatic N) is 1. The quantitative estimate of drug-likeness (QED) is 0.775. The van der Waals surface area contributed by atoms with Crippen molar-refractivity contribution < 1.29 is 0 Å². The van der Waals surface area contributed by atoms with E-state index in [4.69, 9.17) is 5.73 Å². The van der Waals surface area contributed by atoms with Crippen molar-refractivity contribution in [2.24, 2.45) is 11.7 Å². The largest absolute Gasteiger partial charge is 0.329 e. The van der Waals surface area contributed by atoms with Gasteiger partial charge in [-0.2, -0.15) is 0 Å². The topological polar surface area (TPSA) is 29.3 Å². The molecule has 2 rings (SSSR count). The standard InChI is InChI=1S/C13H26N2/c1-11-7-8-13(9-11,10-14)15(2)12-5-3-4-6-12/h11-12H,3-10,14H2,1-2H3. The SMILES string of the molecule is CC1CCC(CN)(N(C)C2CCCC2)C1. The molecular weight excluding hydrogens is 184 g/mol. The molecule has 2 heteroatoms. The van der Waals surface area contributed by atoms with Crippen molar-refractivity contribution in [3.8, 4) is 0 Å². The maximum atomic E-state index is 6.06. The molecule has 88 valence electrons. The van der Waals surface area contributed by atoms with Gasteiger partial charge in [0.1, 0.15) is 0 Å². The predicted octanol–water partition coefficient (Wildman–Crippen LogP) is 2.38. The molecular formula is C13H26N2. The zero-order valence-corrected chi connectivity index (χ0v) is 10.3. The van der Waals surface area contributed by atoms with Crippen molar-refractivity contribution in [2.75, 3.05) is 13.6 Å². The van der Waals surface area contributed by atoms with Crippen LogP contribution in [0.4, 0.5) is 0 Å². The highest BCUT2D eigenvalue weighted by atomic mass is 15.2. The minimum Gasteiger partial charge on any atom is -0.329 e. The second-order valence-corrected chi connectivity index (χ2v) is 5.83. The van der Waals surface area contributed by atoms with Crippen LogP contribution in [0.15, 0.2) is 0 Å². The van der Waals surface area contributed by atoms with Crippen LogP contribution < -0.4 is 5.73 Å². The van der Waals surface area contributed by atoms with Crippen LogP contribution in [-0.4, -0.2) is 30.1 Å². The highest BCUT2D eigenvalue weighted by Gasteiger charge is 2.42. The summed E-state index contributed by atoms with van der Waals surface area (Å²) in [5, 5.41) is 0. The summed E-state index contributed by atoms with van der Waals surface area (Å²) in [5.74, 6) is 0.873. The Labute approximate surface area is 94.2 Å². The number of nitrogens with two attached hydrogens (primary N) is 1. The lowest BCUT2D eigenvalue weighted by Crippen LogP contribution is -2.53. The molecule has 0 radical (unpaired) electrons. The van der Waals surface area contributed by atoms with Gasteiger partial charge in [0.05, 0.1) is 0 Å². The van der Waals surface area contributed by atoms with Crippen molar-refractivity contribution in [1.82, 2.24) is 4.90 Å².